The minimum absolute atomic E-state index is 0.0472. The molecule has 0 spiro atoms. The van der Waals surface area contributed by atoms with Crippen LogP contribution >= 0.6 is 23.2 Å². The molecule has 2 N–H and O–H groups in total. The van der Waals surface area contributed by atoms with E-state index in [2.05, 4.69) is 4.98 Å². The normalized spacial score (nSPS) is 11.4. The van der Waals surface area contributed by atoms with Crippen molar-refractivity contribution in [1.29, 1.82) is 0 Å². The minimum Gasteiger partial charge on any atom is -0.453 e. The van der Waals surface area contributed by atoms with Gasteiger partial charge in [0.15, 0.2) is 5.75 Å². The van der Waals surface area contributed by atoms with E-state index < -0.39 is 11.9 Å². The van der Waals surface area contributed by atoms with Gasteiger partial charge in [-0.25, -0.2) is 4.98 Å². The van der Waals surface area contributed by atoms with Crippen molar-refractivity contribution >= 4 is 28.9 Å². The lowest BCUT2D eigenvalue weighted by atomic mass is 10.3. The van der Waals surface area contributed by atoms with Crippen molar-refractivity contribution in [2.45, 2.75) is 6.18 Å². The van der Waals surface area contributed by atoms with Gasteiger partial charge in [-0.3, -0.25) is 0 Å². The fourth-order valence-corrected chi connectivity index (χ4v) is 1.68. The number of aromatic nitrogens is 1. The van der Waals surface area contributed by atoms with Gasteiger partial charge in [0.05, 0.1) is 16.9 Å². The van der Waals surface area contributed by atoms with E-state index in [0.717, 1.165) is 6.20 Å². The Labute approximate surface area is 122 Å². The molecular weight excluding hydrogens is 316 g/mol. The number of halogens is 5. The number of rotatable bonds is 2. The number of nitrogens with zero attached hydrogens (tertiary/aromatic N) is 1. The highest BCUT2D eigenvalue weighted by atomic mass is 35.5. The smallest absolute Gasteiger partial charge is 0.433 e. The third-order valence-corrected chi connectivity index (χ3v) is 2.85. The van der Waals surface area contributed by atoms with Crippen LogP contribution in [0.4, 0.5) is 18.9 Å². The number of benzene rings is 1. The van der Waals surface area contributed by atoms with Crippen molar-refractivity contribution in [3.8, 4) is 11.5 Å². The molecule has 20 heavy (non-hydrogen) atoms. The highest BCUT2D eigenvalue weighted by Crippen LogP contribution is 2.37. The summed E-state index contributed by atoms with van der Waals surface area (Å²) in [5, 5.41) is 0.521. The van der Waals surface area contributed by atoms with Crippen LogP contribution in [0.15, 0.2) is 30.5 Å². The molecule has 0 atom stereocenters. The number of anilines is 1. The van der Waals surface area contributed by atoms with E-state index in [1.54, 1.807) is 0 Å². The molecule has 0 unspecified atom stereocenters. The minimum atomic E-state index is -4.59. The Balaban J connectivity index is 2.40. The van der Waals surface area contributed by atoms with Crippen molar-refractivity contribution in [3.05, 3.63) is 46.2 Å². The predicted molar refractivity (Wildman–Crippen MR) is 70.2 cm³/mol. The Kier molecular flexibility index (Phi) is 3.96. The zero-order valence-electron chi connectivity index (χ0n) is 9.71. The molecule has 0 aliphatic heterocycles. The molecule has 1 heterocycles. The van der Waals surface area contributed by atoms with E-state index in [1.807, 2.05) is 0 Å². The molecule has 0 bridgehead atoms. The average molecular weight is 323 g/mol. The highest BCUT2D eigenvalue weighted by molar-refractivity contribution is 6.34. The van der Waals surface area contributed by atoms with Crippen LogP contribution in [0.1, 0.15) is 5.69 Å². The second kappa shape index (κ2) is 5.38. The van der Waals surface area contributed by atoms with Crippen LogP contribution in [0, 0.1) is 0 Å². The van der Waals surface area contributed by atoms with Gasteiger partial charge in [0, 0.05) is 17.2 Å². The largest absolute Gasteiger partial charge is 0.453 e. The van der Waals surface area contributed by atoms with E-state index in [4.69, 9.17) is 33.7 Å². The van der Waals surface area contributed by atoms with Crippen molar-refractivity contribution in [2.24, 2.45) is 0 Å². The average Bonchev–Trinajstić information content (AvgIpc) is 2.35. The number of hydrogen-bond donors (Lipinski definition) is 1. The molecule has 0 fully saturated rings. The summed E-state index contributed by atoms with van der Waals surface area (Å²) in [6.45, 7) is 0. The molecule has 0 amide bonds. The standard InChI is InChI=1S/C12H7Cl2F3N2O/c13-6-1-2-7(14)9(3-6)20-10-4-11(12(15,16)17)19-5-8(10)18/h1-5H,18H2. The maximum Gasteiger partial charge on any atom is 0.433 e. The summed E-state index contributed by atoms with van der Waals surface area (Å²) >= 11 is 11.6. The van der Waals surface area contributed by atoms with E-state index >= 15 is 0 Å². The van der Waals surface area contributed by atoms with Crippen LogP contribution in [0.5, 0.6) is 11.5 Å². The first-order valence-corrected chi connectivity index (χ1v) is 5.98. The van der Waals surface area contributed by atoms with Gasteiger partial charge in [0.2, 0.25) is 0 Å². The zero-order chi connectivity index (χ0) is 14.9. The van der Waals surface area contributed by atoms with Gasteiger partial charge in [0.25, 0.3) is 0 Å². The predicted octanol–water partition coefficient (Wildman–Crippen LogP) is 4.78. The lowest BCUT2D eigenvalue weighted by Crippen LogP contribution is -2.08. The number of hydrogen-bond acceptors (Lipinski definition) is 3. The van der Waals surface area contributed by atoms with Gasteiger partial charge >= 0.3 is 6.18 Å². The molecule has 2 aromatic rings. The molecule has 106 valence electrons. The first-order chi connectivity index (χ1) is 9.27. The third kappa shape index (κ3) is 3.26. The molecule has 1 aromatic carbocycles. The number of nitrogens with two attached hydrogens (primary N) is 1. The number of ether oxygens (including phenoxy) is 1. The van der Waals surface area contributed by atoms with Gasteiger partial charge < -0.3 is 10.5 Å². The Morgan fingerprint density at radius 2 is 1.80 bits per heavy atom. The van der Waals surface area contributed by atoms with E-state index in [-0.39, 0.29) is 22.2 Å². The maximum absolute atomic E-state index is 12.6. The molecule has 3 nitrogen and oxygen atoms in total. The first kappa shape index (κ1) is 14.7. The van der Waals surface area contributed by atoms with Gasteiger partial charge in [-0.1, -0.05) is 23.2 Å². The molecule has 8 heteroatoms. The molecular formula is C12H7Cl2F3N2O. The SMILES string of the molecule is Nc1cnc(C(F)(F)F)cc1Oc1cc(Cl)ccc1Cl. The van der Waals surface area contributed by atoms with E-state index in [1.165, 1.54) is 18.2 Å². The van der Waals surface area contributed by atoms with Crippen molar-refractivity contribution in [3.63, 3.8) is 0 Å². The highest BCUT2D eigenvalue weighted by Gasteiger charge is 2.33. The molecule has 0 radical (unpaired) electrons. The van der Waals surface area contributed by atoms with Gasteiger partial charge in [-0.15, -0.1) is 0 Å². The first-order valence-electron chi connectivity index (χ1n) is 5.23. The molecule has 0 aliphatic rings. The van der Waals surface area contributed by atoms with Crippen LogP contribution in [0.25, 0.3) is 0 Å². The Morgan fingerprint density at radius 3 is 2.45 bits per heavy atom. The summed E-state index contributed by atoms with van der Waals surface area (Å²) in [4.78, 5) is 3.20. The Morgan fingerprint density at radius 1 is 1.10 bits per heavy atom. The molecule has 2 rings (SSSR count). The summed E-state index contributed by atoms with van der Waals surface area (Å²) in [7, 11) is 0. The fourth-order valence-electron chi connectivity index (χ4n) is 1.36. The molecule has 1 aromatic heterocycles. The van der Waals surface area contributed by atoms with Gasteiger partial charge in [0.1, 0.15) is 11.4 Å². The fraction of sp³-hybridized carbons (Fsp3) is 0.0833. The molecule has 0 saturated carbocycles. The summed E-state index contributed by atoms with van der Waals surface area (Å²) < 4.78 is 43.0. The van der Waals surface area contributed by atoms with Gasteiger partial charge in [-0.05, 0) is 12.1 Å². The van der Waals surface area contributed by atoms with Crippen LogP contribution in [0.3, 0.4) is 0 Å². The second-order valence-corrected chi connectivity index (χ2v) is 4.63. The summed E-state index contributed by atoms with van der Waals surface area (Å²) in [5.74, 6) is -0.0957. The monoisotopic (exact) mass is 322 g/mol. The lowest BCUT2D eigenvalue weighted by molar-refractivity contribution is -0.141. The molecule has 0 saturated heterocycles. The van der Waals surface area contributed by atoms with E-state index in [0.29, 0.717) is 11.1 Å². The lowest BCUT2D eigenvalue weighted by Gasteiger charge is -2.12. The summed E-state index contributed by atoms with van der Waals surface area (Å²) in [6, 6.07) is 5.05. The Hall–Kier alpha value is -1.66. The van der Waals surface area contributed by atoms with Crippen molar-refractivity contribution in [2.75, 3.05) is 5.73 Å². The van der Waals surface area contributed by atoms with Crippen molar-refractivity contribution in [1.82, 2.24) is 4.98 Å². The summed E-state index contributed by atoms with van der Waals surface area (Å²) in [5.41, 5.74) is 4.38. The number of nitrogen functional groups attached to an aromatic ring is 1. The van der Waals surface area contributed by atoms with Crippen LogP contribution in [0.2, 0.25) is 10.0 Å². The zero-order valence-corrected chi connectivity index (χ0v) is 11.2. The summed E-state index contributed by atoms with van der Waals surface area (Å²) in [6.07, 6.45) is -3.72. The van der Waals surface area contributed by atoms with Crippen LogP contribution in [-0.2, 0) is 6.18 Å². The topological polar surface area (TPSA) is 48.1 Å². The van der Waals surface area contributed by atoms with Crippen LogP contribution in [-0.4, -0.2) is 4.98 Å². The number of alkyl halides is 3. The van der Waals surface area contributed by atoms with Gasteiger partial charge in [-0.2, -0.15) is 13.2 Å². The second-order valence-electron chi connectivity index (χ2n) is 3.78. The van der Waals surface area contributed by atoms with Crippen LogP contribution < -0.4 is 10.5 Å². The maximum atomic E-state index is 12.6. The van der Waals surface area contributed by atoms with E-state index in [9.17, 15) is 13.2 Å². The number of pyridine rings is 1. The Bertz CT molecular complexity index is 647. The molecule has 0 aliphatic carbocycles. The van der Waals surface area contributed by atoms with Crippen molar-refractivity contribution < 1.29 is 17.9 Å². The quantitative estimate of drug-likeness (QED) is 0.865. The third-order valence-electron chi connectivity index (χ3n) is 2.30.